The number of aliphatic hydroxyl groups is 2. The largest absolute Gasteiger partial charge is 0.395 e. The number of hydrogen-bond acceptors (Lipinski definition) is 4. The number of aromatic nitrogens is 2. The Labute approximate surface area is 218 Å². The Balaban J connectivity index is 1.37. The maximum Gasteiger partial charge on any atom is 0.147 e. The lowest BCUT2D eigenvalue weighted by molar-refractivity contribution is 0.0689. The van der Waals surface area contributed by atoms with Crippen LogP contribution in [0, 0.1) is 23.3 Å². The van der Waals surface area contributed by atoms with Crippen molar-refractivity contribution in [3.8, 4) is 0 Å². The predicted octanol–water partition coefficient (Wildman–Crippen LogP) is 4.17. The highest BCUT2D eigenvalue weighted by molar-refractivity contribution is 5.85. The Hall–Kier alpha value is -2.92. The molecule has 0 spiro atoms. The van der Waals surface area contributed by atoms with Crippen LogP contribution in [0.4, 0.5) is 17.6 Å². The Kier molecular flexibility index (Phi) is 7.50. The summed E-state index contributed by atoms with van der Waals surface area (Å²) in [6, 6.07) is 4.36. The molecule has 0 amide bonds. The lowest BCUT2D eigenvalue weighted by Gasteiger charge is -2.22. The number of aliphatic hydroxyl groups excluding tert-OH is 1. The minimum absolute atomic E-state index is 0.111. The summed E-state index contributed by atoms with van der Waals surface area (Å²) in [5, 5.41) is 20.5. The summed E-state index contributed by atoms with van der Waals surface area (Å²) >= 11 is 0. The number of β-amino-alcohol motifs (C(OH)–C–C–N with tert-alkyl or cyclic N) is 1. The molecule has 10 heteroatoms. The van der Waals surface area contributed by atoms with Crippen LogP contribution < -0.4 is 0 Å². The molecule has 204 valence electrons. The quantitative estimate of drug-likeness (QED) is 0.268. The first-order valence-corrected chi connectivity index (χ1v) is 12.8. The lowest BCUT2D eigenvalue weighted by Crippen LogP contribution is -2.31. The first kappa shape index (κ1) is 26.7. The van der Waals surface area contributed by atoms with Crippen molar-refractivity contribution in [2.24, 2.45) is 0 Å². The van der Waals surface area contributed by atoms with Gasteiger partial charge >= 0.3 is 0 Å². The molecule has 38 heavy (non-hydrogen) atoms. The summed E-state index contributed by atoms with van der Waals surface area (Å²) in [4.78, 5) is 6.83. The Morgan fingerprint density at radius 2 is 1.79 bits per heavy atom. The molecule has 0 radical (unpaired) electrons. The summed E-state index contributed by atoms with van der Waals surface area (Å²) < 4.78 is 59.5. The Bertz CT molecular complexity index is 1450. The van der Waals surface area contributed by atoms with Crippen LogP contribution in [0.1, 0.15) is 24.5 Å². The molecule has 4 aromatic rings. The van der Waals surface area contributed by atoms with Crippen LogP contribution >= 0.6 is 0 Å². The lowest BCUT2D eigenvalue weighted by atomic mass is 10.1. The SMILES string of the molecule is CC1(O)CCN(CCc2cn(CN(CCO)CCc3c[nH]c4c(F)ccc(F)c34)c3cc(F)cc(F)c23)C1. The summed E-state index contributed by atoms with van der Waals surface area (Å²) in [5.74, 6) is -2.36. The smallest absolute Gasteiger partial charge is 0.147 e. The number of fused-ring (bicyclic) bond motifs is 2. The first-order chi connectivity index (χ1) is 18.1. The van der Waals surface area contributed by atoms with Gasteiger partial charge in [0, 0.05) is 62.0 Å². The van der Waals surface area contributed by atoms with Gasteiger partial charge in [-0.15, -0.1) is 0 Å². The van der Waals surface area contributed by atoms with Crippen molar-refractivity contribution in [2.45, 2.75) is 38.5 Å². The van der Waals surface area contributed by atoms with E-state index in [1.165, 1.54) is 6.07 Å². The van der Waals surface area contributed by atoms with Crippen LogP contribution in [0.5, 0.6) is 0 Å². The summed E-state index contributed by atoms with van der Waals surface area (Å²) in [5.41, 5.74) is 1.14. The summed E-state index contributed by atoms with van der Waals surface area (Å²) in [6.07, 6.45) is 4.98. The second kappa shape index (κ2) is 10.7. The van der Waals surface area contributed by atoms with Gasteiger partial charge in [0.1, 0.15) is 23.3 Å². The zero-order chi connectivity index (χ0) is 27.0. The van der Waals surface area contributed by atoms with Crippen molar-refractivity contribution < 1.29 is 27.8 Å². The first-order valence-electron chi connectivity index (χ1n) is 12.8. The number of nitrogens with one attached hydrogen (secondary N) is 1. The van der Waals surface area contributed by atoms with Crippen LogP contribution in [-0.4, -0.2) is 74.5 Å². The fourth-order valence-electron chi connectivity index (χ4n) is 5.57. The third-order valence-corrected chi connectivity index (χ3v) is 7.49. The second-order valence-electron chi connectivity index (χ2n) is 10.5. The molecule has 3 heterocycles. The number of likely N-dealkylation sites (tertiary alicyclic amines) is 1. The van der Waals surface area contributed by atoms with Crippen LogP contribution in [0.25, 0.3) is 21.8 Å². The topological polar surface area (TPSA) is 67.7 Å². The Morgan fingerprint density at radius 1 is 1.00 bits per heavy atom. The highest BCUT2D eigenvalue weighted by atomic mass is 19.1. The third-order valence-electron chi connectivity index (χ3n) is 7.49. The van der Waals surface area contributed by atoms with Crippen molar-refractivity contribution in [1.82, 2.24) is 19.4 Å². The highest BCUT2D eigenvalue weighted by Gasteiger charge is 2.31. The number of rotatable bonds is 10. The predicted molar refractivity (Wildman–Crippen MR) is 138 cm³/mol. The zero-order valence-electron chi connectivity index (χ0n) is 21.3. The molecule has 0 aliphatic carbocycles. The van der Waals surface area contributed by atoms with Crippen LogP contribution in [0.2, 0.25) is 0 Å². The van der Waals surface area contributed by atoms with Gasteiger partial charge in [-0.3, -0.25) is 4.90 Å². The minimum atomic E-state index is -0.730. The maximum absolute atomic E-state index is 15.0. The average Bonchev–Trinajstić information content (AvgIpc) is 3.54. The van der Waals surface area contributed by atoms with Crippen LogP contribution in [0.3, 0.4) is 0 Å². The zero-order valence-corrected chi connectivity index (χ0v) is 21.3. The van der Waals surface area contributed by atoms with E-state index in [0.717, 1.165) is 30.3 Å². The number of nitrogens with zero attached hydrogens (tertiary/aromatic N) is 3. The van der Waals surface area contributed by atoms with E-state index < -0.39 is 28.9 Å². The number of halogens is 4. The molecular formula is C28H32F4N4O2. The average molecular weight is 533 g/mol. The van der Waals surface area contributed by atoms with Gasteiger partial charge in [0.25, 0.3) is 0 Å². The fraction of sp³-hybridized carbons (Fsp3) is 0.429. The molecule has 2 aromatic carbocycles. The van der Waals surface area contributed by atoms with Crippen LogP contribution in [-0.2, 0) is 19.5 Å². The van der Waals surface area contributed by atoms with E-state index in [-0.39, 0.29) is 30.7 Å². The van der Waals surface area contributed by atoms with Gasteiger partial charge in [-0.2, -0.15) is 0 Å². The van der Waals surface area contributed by atoms with Gasteiger partial charge in [0.15, 0.2) is 0 Å². The molecule has 0 bridgehead atoms. The minimum Gasteiger partial charge on any atom is -0.395 e. The summed E-state index contributed by atoms with van der Waals surface area (Å²) in [7, 11) is 0. The van der Waals surface area contributed by atoms with Gasteiger partial charge in [-0.1, -0.05) is 0 Å². The van der Waals surface area contributed by atoms with Gasteiger partial charge in [0.05, 0.1) is 29.9 Å². The molecule has 1 unspecified atom stereocenters. The van der Waals surface area contributed by atoms with E-state index in [1.807, 2.05) is 11.1 Å². The van der Waals surface area contributed by atoms with Crippen molar-refractivity contribution in [3.63, 3.8) is 0 Å². The van der Waals surface area contributed by atoms with E-state index in [9.17, 15) is 27.8 Å². The molecule has 1 atom stereocenters. The van der Waals surface area contributed by atoms with Crippen molar-refractivity contribution in [2.75, 3.05) is 39.3 Å². The molecular weight excluding hydrogens is 500 g/mol. The molecule has 1 aliphatic heterocycles. The number of benzene rings is 2. The van der Waals surface area contributed by atoms with E-state index in [2.05, 4.69) is 9.88 Å². The van der Waals surface area contributed by atoms with Crippen molar-refractivity contribution in [1.29, 1.82) is 0 Å². The number of hydrogen-bond donors (Lipinski definition) is 3. The monoisotopic (exact) mass is 532 g/mol. The standard InChI is InChI=1S/C28H32F4N4O2/c1-28(38)6-9-34(16-28)7-5-19-15-36(24-13-20(29)12-23(32)25(19)24)17-35(10-11-37)8-4-18-14-33-27-22(31)3-2-21(30)26(18)27/h2-3,12-15,33,37-38H,4-11,16-17H2,1H3. The van der Waals surface area contributed by atoms with Gasteiger partial charge in [-0.05, 0) is 55.5 Å². The fourth-order valence-corrected chi connectivity index (χ4v) is 5.57. The van der Waals surface area contributed by atoms with Crippen molar-refractivity contribution >= 4 is 21.8 Å². The molecule has 1 saturated heterocycles. The molecule has 2 aromatic heterocycles. The van der Waals surface area contributed by atoms with E-state index in [0.29, 0.717) is 55.4 Å². The third kappa shape index (κ3) is 5.44. The molecule has 1 aliphatic rings. The second-order valence-corrected chi connectivity index (χ2v) is 10.5. The van der Waals surface area contributed by atoms with E-state index in [4.69, 9.17) is 0 Å². The highest BCUT2D eigenvalue weighted by Crippen LogP contribution is 2.29. The van der Waals surface area contributed by atoms with Gasteiger partial charge in [-0.25, -0.2) is 17.6 Å². The molecule has 0 saturated carbocycles. The van der Waals surface area contributed by atoms with E-state index >= 15 is 0 Å². The van der Waals surface area contributed by atoms with Gasteiger partial charge < -0.3 is 24.7 Å². The van der Waals surface area contributed by atoms with E-state index in [1.54, 1.807) is 17.7 Å². The van der Waals surface area contributed by atoms with Crippen molar-refractivity contribution in [3.05, 3.63) is 71.1 Å². The molecule has 6 nitrogen and oxygen atoms in total. The normalized spacial score (nSPS) is 18.5. The number of aromatic amines is 1. The maximum atomic E-state index is 15.0. The molecule has 3 N–H and O–H groups in total. The van der Waals surface area contributed by atoms with Crippen LogP contribution in [0.15, 0.2) is 36.7 Å². The molecule has 1 fully saturated rings. The Morgan fingerprint density at radius 3 is 2.53 bits per heavy atom. The molecule has 5 rings (SSSR count). The number of H-pyrrole nitrogens is 1. The van der Waals surface area contributed by atoms with Gasteiger partial charge in [0.2, 0.25) is 0 Å². The summed E-state index contributed by atoms with van der Waals surface area (Å²) in [6.45, 7) is 4.54.